The van der Waals surface area contributed by atoms with Crippen LogP contribution in [0.5, 0.6) is 0 Å². The molecule has 2 rings (SSSR count). The largest absolute Gasteiger partial charge is 0.0892 e. The van der Waals surface area contributed by atoms with E-state index in [4.69, 9.17) is 0 Å². The average Bonchev–Trinajstić information content (AvgIpc) is 2.30. The van der Waals surface area contributed by atoms with E-state index in [1.165, 1.54) is 51.4 Å². The van der Waals surface area contributed by atoms with Crippen molar-refractivity contribution < 1.29 is 0 Å². The molecular weight excluding hydrogens is 368 g/mol. The van der Waals surface area contributed by atoms with Gasteiger partial charge < -0.3 is 0 Å². The van der Waals surface area contributed by atoms with Crippen LogP contribution in [0.3, 0.4) is 0 Å². The molecule has 0 nitrogen and oxygen atoms in total. The molecule has 2 aliphatic rings. The van der Waals surface area contributed by atoms with Crippen molar-refractivity contribution in [3.8, 4) is 0 Å². The lowest BCUT2D eigenvalue weighted by Crippen LogP contribution is -2.24. The molecular formula is C12H20Br2S2. The highest BCUT2D eigenvalue weighted by atomic mass is 79.9. The molecule has 0 spiro atoms. The van der Waals surface area contributed by atoms with Crippen molar-refractivity contribution in [1.82, 2.24) is 0 Å². The summed E-state index contributed by atoms with van der Waals surface area (Å²) in [5.41, 5.74) is 0. The Labute approximate surface area is 124 Å². The second-order valence-electron chi connectivity index (χ2n) is 4.87. The number of hydrogen-bond donors (Lipinski definition) is 0. The molecule has 0 aromatic heterocycles. The SMILES string of the molecule is BrC1CCCCC1SS[C@@H]1CCCC[C@H]1Br. The summed E-state index contributed by atoms with van der Waals surface area (Å²) in [6.45, 7) is 0. The fourth-order valence-electron chi connectivity index (χ4n) is 2.46. The lowest BCUT2D eigenvalue weighted by molar-refractivity contribution is 0.531. The molecule has 16 heavy (non-hydrogen) atoms. The molecule has 0 radical (unpaired) electrons. The molecule has 0 aliphatic heterocycles. The van der Waals surface area contributed by atoms with Crippen molar-refractivity contribution in [2.75, 3.05) is 0 Å². The van der Waals surface area contributed by atoms with Crippen LogP contribution in [0.4, 0.5) is 0 Å². The Morgan fingerprint density at radius 2 is 1.00 bits per heavy atom. The summed E-state index contributed by atoms with van der Waals surface area (Å²) in [5.74, 6) is 0. The summed E-state index contributed by atoms with van der Waals surface area (Å²) in [6, 6.07) is 0. The summed E-state index contributed by atoms with van der Waals surface area (Å²) < 4.78 is 0. The summed E-state index contributed by atoms with van der Waals surface area (Å²) in [7, 11) is 4.31. The van der Waals surface area contributed by atoms with Gasteiger partial charge in [0.1, 0.15) is 0 Å². The van der Waals surface area contributed by atoms with Gasteiger partial charge in [-0.05, 0) is 25.7 Å². The quantitative estimate of drug-likeness (QED) is 0.444. The fraction of sp³-hybridized carbons (Fsp3) is 1.00. The number of halogens is 2. The Bertz CT molecular complexity index is 191. The van der Waals surface area contributed by atoms with Crippen LogP contribution in [-0.4, -0.2) is 20.2 Å². The lowest BCUT2D eigenvalue weighted by Gasteiger charge is -2.30. The normalized spacial score (nSPS) is 40.9. The van der Waals surface area contributed by atoms with E-state index >= 15 is 0 Å². The Morgan fingerprint density at radius 3 is 1.38 bits per heavy atom. The van der Waals surface area contributed by atoms with E-state index in [0.29, 0.717) is 0 Å². The van der Waals surface area contributed by atoms with Gasteiger partial charge in [-0.3, -0.25) is 0 Å². The summed E-state index contributed by atoms with van der Waals surface area (Å²) in [4.78, 5) is 1.52. The molecule has 0 aromatic carbocycles. The standard InChI is InChI=1S/C12H20Br2S2/c13-9-5-1-3-7-11(9)15-16-12-8-4-2-6-10(12)14/h9-12H,1-8H2/t9-,10?,11-,12?/m1/s1. The van der Waals surface area contributed by atoms with E-state index < -0.39 is 0 Å². The molecule has 2 aliphatic carbocycles. The second kappa shape index (κ2) is 7.30. The van der Waals surface area contributed by atoms with Crippen LogP contribution in [0.1, 0.15) is 51.4 Å². The van der Waals surface area contributed by atoms with E-state index in [1.807, 2.05) is 0 Å². The molecule has 0 aromatic rings. The van der Waals surface area contributed by atoms with Crippen molar-refractivity contribution in [1.29, 1.82) is 0 Å². The van der Waals surface area contributed by atoms with Crippen LogP contribution in [-0.2, 0) is 0 Å². The Kier molecular flexibility index (Phi) is 6.42. The van der Waals surface area contributed by atoms with Gasteiger partial charge in [-0.2, -0.15) is 0 Å². The van der Waals surface area contributed by atoms with E-state index in [1.54, 1.807) is 0 Å². The summed E-state index contributed by atoms with van der Waals surface area (Å²) in [6.07, 6.45) is 11.3. The first-order chi connectivity index (χ1) is 7.77. The third-order valence-electron chi connectivity index (χ3n) is 3.55. The highest BCUT2D eigenvalue weighted by molar-refractivity contribution is 9.10. The van der Waals surface area contributed by atoms with Gasteiger partial charge in [-0.25, -0.2) is 0 Å². The first kappa shape index (κ1) is 14.1. The molecule has 0 saturated heterocycles. The highest BCUT2D eigenvalue weighted by Crippen LogP contribution is 2.45. The van der Waals surface area contributed by atoms with E-state index in [9.17, 15) is 0 Å². The van der Waals surface area contributed by atoms with Gasteiger partial charge in [0.2, 0.25) is 0 Å². The van der Waals surface area contributed by atoms with E-state index in [-0.39, 0.29) is 0 Å². The minimum absolute atomic E-state index is 0.760. The van der Waals surface area contributed by atoms with Crippen molar-refractivity contribution in [2.45, 2.75) is 71.5 Å². The molecule has 2 fully saturated rings. The smallest absolute Gasteiger partial charge is 0.0276 e. The zero-order chi connectivity index (χ0) is 11.4. The zero-order valence-corrected chi connectivity index (χ0v) is 14.3. The van der Waals surface area contributed by atoms with Gasteiger partial charge in [-0.1, -0.05) is 79.1 Å². The molecule has 0 N–H and O–H groups in total. The third-order valence-corrected chi connectivity index (χ3v) is 9.99. The van der Waals surface area contributed by atoms with Crippen LogP contribution < -0.4 is 0 Å². The van der Waals surface area contributed by atoms with Crippen molar-refractivity contribution in [2.24, 2.45) is 0 Å². The number of alkyl halides is 2. The maximum absolute atomic E-state index is 3.85. The number of rotatable bonds is 3. The van der Waals surface area contributed by atoms with Crippen molar-refractivity contribution in [3.63, 3.8) is 0 Å². The van der Waals surface area contributed by atoms with Gasteiger partial charge in [0.15, 0.2) is 0 Å². The second-order valence-corrected chi connectivity index (χ2v) is 9.97. The first-order valence-electron chi connectivity index (χ1n) is 6.37. The third kappa shape index (κ3) is 4.10. The molecule has 2 saturated carbocycles. The molecule has 4 heteroatoms. The van der Waals surface area contributed by atoms with Gasteiger partial charge in [-0.15, -0.1) is 0 Å². The lowest BCUT2D eigenvalue weighted by atomic mass is 10.0. The maximum Gasteiger partial charge on any atom is 0.0276 e. The highest BCUT2D eigenvalue weighted by Gasteiger charge is 2.28. The van der Waals surface area contributed by atoms with Gasteiger partial charge in [0.25, 0.3) is 0 Å². The van der Waals surface area contributed by atoms with Gasteiger partial charge in [0.05, 0.1) is 0 Å². The zero-order valence-electron chi connectivity index (χ0n) is 9.54. The van der Waals surface area contributed by atoms with Crippen LogP contribution in [0.25, 0.3) is 0 Å². The number of hydrogen-bond acceptors (Lipinski definition) is 2. The monoisotopic (exact) mass is 386 g/mol. The molecule has 4 atom stereocenters. The average molecular weight is 388 g/mol. The molecule has 0 bridgehead atoms. The molecule has 94 valence electrons. The predicted molar refractivity (Wildman–Crippen MR) is 85.1 cm³/mol. The first-order valence-corrected chi connectivity index (χ1v) is 10.5. The predicted octanol–water partition coefficient (Wildman–Crippen LogP) is 5.78. The minimum atomic E-state index is 0.760. The van der Waals surface area contributed by atoms with E-state index in [0.717, 1.165) is 20.2 Å². The van der Waals surface area contributed by atoms with Gasteiger partial charge >= 0.3 is 0 Å². The Balaban J connectivity index is 1.72. The summed E-state index contributed by atoms with van der Waals surface area (Å²) >= 11 is 7.70. The van der Waals surface area contributed by atoms with Gasteiger partial charge in [0, 0.05) is 20.2 Å². The molecule has 2 unspecified atom stereocenters. The fourth-order valence-corrected chi connectivity index (χ4v) is 8.71. The van der Waals surface area contributed by atoms with E-state index in [2.05, 4.69) is 53.4 Å². The molecule has 0 heterocycles. The summed E-state index contributed by atoms with van der Waals surface area (Å²) in [5, 5.41) is 1.70. The van der Waals surface area contributed by atoms with Crippen LogP contribution in [0.2, 0.25) is 0 Å². The Hall–Kier alpha value is 1.66. The van der Waals surface area contributed by atoms with Crippen LogP contribution in [0.15, 0.2) is 0 Å². The van der Waals surface area contributed by atoms with Crippen molar-refractivity contribution >= 4 is 53.4 Å². The minimum Gasteiger partial charge on any atom is -0.0892 e. The Morgan fingerprint density at radius 1 is 0.625 bits per heavy atom. The van der Waals surface area contributed by atoms with Crippen LogP contribution >= 0.6 is 53.4 Å². The topological polar surface area (TPSA) is 0 Å². The maximum atomic E-state index is 3.85. The molecule has 0 amide bonds. The van der Waals surface area contributed by atoms with Crippen LogP contribution in [0, 0.1) is 0 Å². The van der Waals surface area contributed by atoms with Crippen molar-refractivity contribution in [3.05, 3.63) is 0 Å².